The van der Waals surface area contributed by atoms with Crippen LogP contribution in [0.3, 0.4) is 0 Å². The van der Waals surface area contributed by atoms with Crippen molar-refractivity contribution in [3.63, 3.8) is 0 Å². The van der Waals surface area contributed by atoms with Gasteiger partial charge in [-0.3, -0.25) is 4.90 Å². The zero-order valence-electron chi connectivity index (χ0n) is 21.5. The molecule has 16 atom stereocenters. The summed E-state index contributed by atoms with van der Waals surface area (Å²) in [6.07, 6.45) is -1.92. The number of aliphatic hydroxyl groups is 7. The predicted octanol–water partition coefficient (Wildman–Crippen LogP) is -0.814. The molecular weight excluding hydrogens is 466 g/mol. The van der Waals surface area contributed by atoms with Gasteiger partial charge in [0.15, 0.2) is 5.79 Å². The Morgan fingerprint density at radius 3 is 2.39 bits per heavy atom. The van der Waals surface area contributed by atoms with E-state index in [4.69, 9.17) is 4.74 Å². The minimum atomic E-state index is -1.85. The summed E-state index contributed by atoms with van der Waals surface area (Å²) in [5.41, 5.74) is -4.88. The Kier molecular flexibility index (Phi) is 4.82. The van der Waals surface area contributed by atoms with Crippen LogP contribution in [0.1, 0.15) is 59.3 Å². The Labute approximate surface area is 212 Å². The molecule has 0 radical (unpaired) electrons. The predicted molar refractivity (Wildman–Crippen MR) is 126 cm³/mol. The molecule has 7 N–H and O–H groups in total. The van der Waals surface area contributed by atoms with Gasteiger partial charge >= 0.3 is 0 Å². The molecule has 204 valence electrons. The van der Waals surface area contributed by atoms with Crippen LogP contribution in [0, 0.1) is 40.9 Å². The van der Waals surface area contributed by atoms with Gasteiger partial charge in [0.2, 0.25) is 0 Å². The number of rotatable bonds is 0. The molecule has 3 saturated heterocycles. The van der Waals surface area contributed by atoms with Crippen LogP contribution >= 0.6 is 0 Å². The lowest BCUT2D eigenvalue weighted by molar-refractivity contribution is -0.295. The first kappa shape index (κ1) is 24.7. The average molecular weight is 510 g/mol. The molecule has 4 bridgehead atoms. The summed E-state index contributed by atoms with van der Waals surface area (Å²) in [6, 6.07) is -0.130. The van der Waals surface area contributed by atoms with Gasteiger partial charge in [-0.1, -0.05) is 13.8 Å². The summed E-state index contributed by atoms with van der Waals surface area (Å²) in [4.78, 5) is 2.30. The maximum Gasteiger partial charge on any atom is 0.196 e. The van der Waals surface area contributed by atoms with E-state index >= 15 is 0 Å². The third-order valence-electron chi connectivity index (χ3n) is 12.8. The van der Waals surface area contributed by atoms with Gasteiger partial charge in [0, 0.05) is 42.3 Å². The Morgan fingerprint density at radius 2 is 1.67 bits per heavy atom. The van der Waals surface area contributed by atoms with Crippen LogP contribution in [0.4, 0.5) is 0 Å². The molecule has 4 aliphatic carbocycles. The third-order valence-corrected chi connectivity index (χ3v) is 12.8. The molecule has 4 saturated carbocycles. The summed E-state index contributed by atoms with van der Waals surface area (Å²) in [7, 11) is 0. The molecule has 0 aromatic rings. The lowest BCUT2D eigenvalue weighted by Gasteiger charge is -2.63. The second-order valence-electron chi connectivity index (χ2n) is 14.2. The largest absolute Gasteiger partial charge is 0.393 e. The van der Waals surface area contributed by atoms with E-state index in [9.17, 15) is 35.7 Å². The molecule has 3 heterocycles. The fourth-order valence-electron chi connectivity index (χ4n) is 11.4. The van der Waals surface area contributed by atoms with Gasteiger partial charge in [-0.15, -0.1) is 0 Å². The van der Waals surface area contributed by atoms with E-state index in [-0.39, 0.29) is 18.4 Å². The second kappa shape index (κ2) is 7.04. The van der Waals surface area contributed by atoms with E-state index in [0.717, 1.165) is 19.4 Å². The third kappa shape index (κ3) is 2.46. The molecule has 5 unspecified atom stereocenters. The van der Waals surface area contributed by atoms with E-state index < -0.39 is 76.1 Å². The van der Waals surface area contributed by atoms with Gasteiger partial charge in [-0.2, -0.15) is 0 Å². The van der Waals surface area contributed by atoms with Crippen molar-refractivity contribution < 1.29 is 40.5 Å². The molecule has 36 heavy (non-hydrogen) atoms. The van der Waals surface area contributed by atoms with Crippen LogP contribution in [-0.4, -0.2) is 107 Å². The Hall–Kier alpha value is -0.360. The Balaban J connectivity index is 1.37. The topological polar surface area (TPSA) is 154 Å². The zero-order chi connectivity index (χ0) is 25.8. The molecule has 9 heteroatoms. The standard InChI is InChI=1S/C27H43NO8/c1-12-4-5-17-24(3,33)19-13(11-28(17)10-12)14-9-25-21(26(14,34)22(32)20(19)31)15(29)8-16-23(25,2)7-6-18(30)27(16,35)36-25/h12-22,29-35H,4-11H2,1-3H3/t12-,13?,14?,15+,16?,17-,18-,19?,20+,21?,22-,23-,24+,25-,26-,27-/m0/s1. The summed E-state index contributed by atoms with van der Waals surface area (Å²) in [5.74, 6) is -4.29. The lowest BCUT2D eigenvalue weighted by atomic mass is 9.49. The molecule has 7 fully saturated rings. The van der Waals surface area contributed by atoms with Crippen molar-refractivity contribution in [1.82, 2.24) is 4.90 Å². The van der Waals surface area contributed by atoms with Crippen LogP contribution in [-0.2, 0) is 4.74 Å². The zero-order valence-corrected chi connectivity index (χ0v) is 21.5. The van der Waals surface area contributed by atoms with Crippen molar-refractivity contribution in [2.75, 3.05) is 13.1 Å². The summed E-state index contributed by atoms with van der Waals surface area (Å²) < 4.78 is 6.51. The van der Waals surface area contributed by atoms with Gasteiger partial charge in [-0.25, -0.2) is 0 Å². The van der Waals surface area contributed by atoms with Crippen molar-refractivity contribution in [3.05, 3.63) is 0 Å². The van der Waals surface area contributed by atoms with Crippen LogP contribution in [0.15, 0.2) is 0 Å². The molecular formula is C27H43NO8. The lowest BCUT2D eigenvalue weighted by Crippen LogP contribution is -2.76. The maximum absolute atomic E-state index is 12.5. The van der Waals surface area contributed by atoms with Crippen molar-refractivity contribution in [2.24, 2.45) is 40.9 Å². The number of hydrogen-bond acceptors (Lipinski definition) is 9. The number of ether oxygens (including phenoxy) is 1. The SMILES string of the molecule is C[C@H]1CC[C@@H]2N(CC3C4C[C@]56O[C@@]7(O)C(C[C@@H](O)C5[C@]4(O)[C@@H](O)[C@H](O)C3[C@]2(C)O)[C@]6(C)CC[C@@H]7O)C1. The summed E-state index contributed by atoms with van der Waals surface area (Å²) in [6.45, 7) is 7.40. The number of fused-ring (bicyclic) bond motifs is 5. The van der Waals surface area contributed by atoms with Crippen LogP contribution in [0.5, 0.6) is 0 Å². The van der Waals surface area contributed by atoms with Gasteiger partial charge in [-0.05, 0) is 63.2 Å². The maximum atomic E-state index is 12.5. The summed E-state index contributed by atoms with van der Waals surface area (Å²) in [5, 5.41) is 81.4. The van der Waals surface area contributed by atoms with Crippen LogP contribution in [0.25, 0.3) is 0 Å². The highest BCUT2D eigenvalue weighted by molar-refractivity contribution is 5.33. The monoisotopic (exact) mass is 509 g/mol. The fraction of sp³-hybridized carbons (Fsp3) is 1.00. The van der Waals surface area contributed by atoms with Crippen molar-refractivity contribution in [2.45, 2.75) is 112 Å². The number of hydrogen-bond donors (Lipinski definition) is 7. The molecule has 0 aromatic carbocycles. The molecule has 3 aliphatic heterocycles. The normalized spacial score (nSPS) is 68.0. The number of piperidine rings is 2. The van der Waals surface area contributed by atoms with E-state index in [1.807, 2.05) is 6.92 Å². The highest BCUT2D eigenvalue weighted by Gasteiger charge is 2.86. The highest BCUT2D eigenvalue weighted by Crippen LogP contribution is 2.76. The smallest absolute Gasteiger partial charge is 0.196 e. The van der Waals surface area contributed by atoms with E-state index in [0.29, 0.717) is 31.7 Å². The van der Waals surface area contributed by atoms with Crippen LogP contribution < -0.4 is 0 Å². The molecule has 0 amide bonds. The summed E-state index contributed by atoms with van der Waals surface area (Å²) >= 11 is 0. The number of nitrogens with zero attached hydrogens (tertiary/aromatic N) is 1. The Bertz CT molecular complexity index is 964. The quantitative estimate of drug-likeness (QED) is 0.222. The van der Waals surface area contributed by atoms with E-state index in [1.165, 1.54) is 0 Å². The molecule has 7 aliphatic rings. The van der Waals surface area contributed by atoms with Gasteiger partial charge in [0.05, 0.1) is 23.4 Å². The molecule has 1 spiro atoms. The van der Waals surface area contributed by atoms with Gasteiger partial charge in [0.1, 0.15) is 17.8 Å². The van der Waals surface area contributed by atoms with Crippen LogP contribution in [0.2, 0.25) is 0 Å². The minimum Gasteiger partial charge on any atom is -0.393 e. The molecule has 9 nitrogen and oxygen atoms in total. The van der Waals surface area contributed by atoms with Crippen molar-refractivity contribution in [1.29, 1.82) is 0 Å². The number of aliphatic hydroxyl groups excluding tert-OH is 4. The Morgan fingerprint density at radius 1 is 0.944 bits per heavy atom. The first-order valence-corrected chi connectivity index (χ1v) is 14.1. The van der Waals surface area contributed by atoms with Gasteiger partial charge in [0.25, 0.3) is 0 Å². The fourth-order valence-corrected chi connectivity index (χ4v) is 11.4. The first-order chi connectivity index (χ1) is 16.7. The minimum absolute atomic E-state index is 0.130. The average Bonchev–Trinajstić information content (AvgIpc) is 3.08. The van der Waals surface area contributed by atoms with Crippen molar-refractivity contribution >= 4 is 0 Å². The van der Waals surface area contributed by atoms with E-state index in [2.05, 4.69) is 11.8 Å². The molecule has 0 aromatic heterocycles. The first-order valence-electron chi connectivity index (χ1n) is 14.1. The van der Waals surface area contributed by atoms with Gasteiger partial charge < -0.3 is 40.5 Å². The molecule has 7 rings (SSSR count). The highest BCUT2D eigenvalue weighted by atomic mass is 16.7. The second-order valence-corrected chi connectivity index (χ2v) is 14.2. The van der Waals surface area contributed by atoms with Crippen molar-refractivity contribution in [3.8, 4) is 0 Å². The van der Waals surface area contributed by atoms with E-state index in [1.54, 1.807) is 6.92 Å².